The van der Waals surface area contributed by atoms with E-state index >= 15 is 0 Å². The van der Waals surface area contributed by atoms with Gasteiger partial charge in [-0.05, 0) is 12.0 Å². The molecule has 0 aliphatic rings. The van der Waals surface area contributed by atoms with Crippen molar-refractivity contribution in [2.75, 3.05) is 0 Å². The largest absolute Gasteiger partial charge is 0.284 e. The first kappa shape index (κ1) is 14.4. The van der Waals surface area contributed by atoms with Gasteiger partial charge in [-0.25, -0.2) is 0 Å². The Hall–Kier alpha value is -2.55. The van der Waals surface area contributed by atoms with Crippen molar-refractivity contribution in [3.8, 4) is 22.4 Å². The van der Waals surface area contributed by atoms with Gasteiger partial charge in [0.15, 0.2) is 0 Å². The van der Waals surface area contributed by atoms with Gasteiger partial charge in [0.2, 0.25) is 0 Å². The summed E-state index contributed by atoms with van der Waals surface area (Å²) >= 11 is 0. The summed E-state index contributed by atoms with van der Waals surface area (Å²) in [5, 5.41) is 3.01. The maximum Gasteiger partial charge on any atom is 0.272 e. The average molecular weight is 292 g/mol. The van der Waals surface area contributed by atoms with Gasteiger partial charge in [0.25, 0.3) is 5.56 Å². The van der Waals surface area contributed by atoms with Crippen LogP contribution in [0, 0.1) is 0 Å². The molecule has 0 bridgehead atoms. The molecule has 1 N–H and O–H groups in total. The maximum absolute atomic E-state index is 12.5. The van der Waals surface area contributed by atoms with Gasteiger partial charge < -0.3 is 0 Å². The van der Waals surface area contributed by atoms with Crippen LogP contribution in [0.25, 0.3) is 22.4 Å². The molecule has 0 radical (unpaired) electrons. The van der Waals surface area contributed by atoms with Crippen molar-refractivity contribution < 1.29 is 0 Å². The summed E-state index contributed by atoms with van der Waals surface area (Å²) < 4.78 is 1.99. The van der Waals surface area contributed by atoms with Crippen LogP contribution in [0.1, 0.15) is 19.8 Å². The summed E-state index contributed by atoms with van der Waals surface area (Å²) in [5.74, 6) is 0. The van der Waals surface area contributed by atoms with Gasteiger partial charge >= 0.3 is 0 Å². The lowest BCUT2D eigenvalue weighted by Gasteiger charge is -2.10. The minimum absolute atomic E-state index is 0.0267. The third kappa shape index (κ3) is 2.75. The average Bonchev–Trinajstić information content (AvgIpc) is 2.91. The van der Waals surface area contributed by atoms with E-state index in [2.05, 4.69) is 24.2 Å². The molecule has 3 rings (SSSR count). The van der Waals surface area contributed by atoms with Crippen LogP contribution in [-0.4, -0.2) is 9.78 Å². The fourth-order valence-corrected chi connectivity index (χ4v) is 2.73. The molecular weight excluding hydrogens is 272 g/mol. The van der Waals surface area contributed by atoms with Crippen LogP contribution in [0.2, 0.25) is 0 Å². The van der Waals surface area contributed by atoms with E-state index in [0.29, 0.717) is 0 Å². The molecule has 3 heteroatoms. The highest BCUT2D eigenvalue weighted by molar-refractivity contribution is 5.80. The maximum atomic E-state index is 12.5. The van der Waals surface area contributed by atoms with Gasteiger partial charge in [-0.2, -0.15) is 0 Å². The lowest BCUT2D eigenvalue weighted by molar-refractivity contribution is 0.573. The molecule has 0 saturated heterocycles. The summed E-state index contributed by atoms with van der Waals surface area (Å²) in [4.78, 5) is 12.5. The molecule has 1 heterocycles. The molecule has 0 aliphatic heterocycles. The minimum Gasteiger partial charge on any atom is -0.284 e. The number of hydrogen-bond acceptors (Lipinski definition) is 1. The molecule has 3 nitrogen and oxygen atoms in total. The van der Waals surface area contributed by atoms with Crippen molar-refractivity contribution >= 4 is 0 Å². The van der Waals surface area contributed by atoms with Crippen molar-refractivity contribution in [2.24, 2.45) is 0 Å². The third-order valence-electron chi connectivity index (χ3n) is 3.82. The standard InChI is InChI=1S/C19H20N2O/c1-2-3-14-21-18(16-12-8-5-9-13-16)17(19(22)20-21)15-10-6-4-7-11-15/h4-13H,2-3,14H2,1H3,(H,20,22). The van der Waals surface area contributed by atoms with E-state index in [-0.39, 0.29) is 5.56 Å². The Bertz CT molecular complexity index is 785. The number of aryl methyl sites for hydroxylation is 1. The number of nitrogens with zero attached hydrogens (tertiary/aromatic N) is 1. The van der Waals surface area contributed by atoms with Gasteiger partial charge in [-0.1, -0.05) is 74.0 Å². The SMILES string of the molecule is CCCCn1[nH]c(=O)c(-c2ccccc2)c1-c1ccccc1. The number of aromatic amines is 1. The van der Waals surface area contributed by atoms with E-state index in [1.54, 1.807) is 0 Å². The number of rotatable bonds is 5. The number of aromatic nitrogens is 2. The first-order valence-electron chi connectivity index (χ1n) is 7.75. The molecule has 0 amide bonds. The number of benzene rings is 2. The summed E-state index contributed by atoms with van der Waals surface area (Å²) in [6.07, 6.45) is 2.13. The minimum atomic E-state index is -0.0267. The van der Waals surface area contributed by atoms with E-state index in [9.17, 15) is 4.79 Å². The zero-order chi connectivity index (χ0) is 15.4. The van der Waals surface area contributed by atoms with E-state index in [1.165, 1.54) is 0 Å². The molecule has 0 aliphatic carbocycles. The Morgan fingerprint density at radius 2 is 1.50 bits per heavy atom. The molecule has 3 aromatic rings. The van der Waals surface area contributed by atoms with Crippen molar-refractivity contribution in [2.45, 2.75) is 26.3 Å². The lowest BCUT2D eigenvalue weighted by atomic mass is 10.0. The van der Waals surface area contributed by atoms with Crippen molar-refractivity contribution in [3.63, 3.8) is 0 Å². The molecule has 0 fully saturated rings. The molecule has 1 aromatic heterocycles. The Morgan fingerprint density at radius 1 is 0.909 bits per heavy atom. The molecule has 0 spiro atoms. The highest BCUT2D eigenvalue weighted by Gasteiger charge is 2.17. The number of nitrogens with one attached hydrogen (secondary N) is 1. The van der Waals surface area contributed by atoms with Gasteiger partial charge in [0, 0.05) is 12.1 Å². The molecule has 22 heavy (non-hydrogen) atoms. The lowest BCUT2D eigenvalue weighted by Crippen LogP contribution is -2.07. The van der Waals surface area contributed by atoms with E-state index < -0.39 is 0 Å². The van der Waals surface area contributed by atoms with Crippen LogP contribution in [0.3, 0.4) is 0 Å². The summed E-state index contributed by atoms with van der Waals surface area (Å²) in [7, 11) is 0. The normalized spacial score (nSPS) is 10.8. The molecule has 0 unspecified atom stereocenters. The predicted molar refractivity (Wildman–Crippen MR) is 90.8 cm³/mol. The fourth-order valence-electron chi connectivity index (χ4n) is 2.73. The summed E-state index contributed by atoms with van der Waals surface area (Å²) in [6, 6.07) is 20.0. The second kappa shape index (κ2) is 6.48. The van der Waals surface area contributed by atoms with Crippen molar-refractivity contribution in [1.29, 1.82) is 0 Å². The quantitative estimate of drug-likeness (QED) is 0.747. The fraction of sp³-hybridized carbons (Fsp3) is 0.211. The second-order valence-corrected chi connectivity index (χ2v) is 5.40. The van der Waals surface area contributed by atoms with Crippen molar-refractivity contribution in [1.82, 2.24) is 9.78 Å². The Kier molecular flexibility index (Phi) is 4.24. The van der Waals surface area contributed by atoms with E-state index in [4.69, 9.17) is 0 Å². The highest BCUT2D eigenvalue weighted by Crippen LogP contribution is 2.29. The summed E-state index contributed by atoms with van der Waals surface area (Å²) in [6.45, 7) is 2.98. The molecule has 2 aromatic carbocycles. The monoisotopic (exact) mass is 292 g/mol. The zero-order valence-electron chi connectivity index (χ0n) is 12.8. The Morgan fingerprint density at radius 3 is 2.09 bits per heavy atom. The van der Waals surface area contributed by atoms with Gasteiger partial charge in [0.1, 0.15) is 0 Å². The topological polar surface area (TPSA) is 37.8 Å². The van der Waals surface area contributed by atoms with Crippen LogP contribution in [0.4, 0.5) is 0 Å². The van der Waals surface area contributed by atoms with Gasteiger partial charge in [-0.3, -0.25) is 14.6 Å². The molecule has 112 valence electrons. The number of unbranched alkanes of at least 4 members (excludes halogenated alkanes) is 1. The summed E-state index contributed by atoms with van der Waals surface area (Å²) in [5.41, 5.74) is 3.72. The highest BCUT2D eigenvalue weighted by atomic mass is 16.1. The first-order chi connectivity index (χ1) is 10.8. The molecule has 0 atom stereocenters. The van der Waals surface area contributed by atoms with E-state index in [1.807, 2.05) is 53.2 Å². The van der Waals surface area contributed by atoms with Crippen molar-refractivity contribution in [3.05, 3.63) is 71.0 Å². The third-order valence-corrected chi connectivity index (χ3v) is 3.82. The van der Waals surface area contributed by atoms with Crippen LogP contribution >= 0.6 is 0 Å². The second-order valence-electron chi connectivity index (χ2n) is 5.40. The predicted octanol–water partition coefficient (Wildman–Crippen LogP) is 4.31. The first-order valence-corrected chi connectivity index (χ1v) is 7.75. The Balaban J connectivity index is 2.21. The number of H-pyrrole nitrogens is 1. The van der Waals surface area contributed by atoms with E-state index in [0.717, 1.165) is 41.8 Å². The van der Waals surface area contributed by atoms with Crippen LogP contribution < -0.4 is 5.56 Å². The van der Waals surface area contributed by atoms with Gasteiger partial charge in [-0.15, -0.1) is 0 Å². The molecule has 0 saturated carbocycles. The zero-order valence-corrected chi connectivity index (χ0v) is 12.8. The van der Waals surface area contributed by atoms with Crippen LogP contribution in [0.5, 0.6) is 0 Å². The van der Waals surface area contributed by atoms with Crippen LogP contribution in [0.15, 0.2) is 65.5 Å². The van der Waals surface area contributed by atoms with Gasteiger partial charge in [0.05, 0.1) is 11.3 Å². The Labute approximate surface area is 130 Å². The van der Waals surface area contributed by atoms with Crippen LogP contribution in [-0.2, 0) is 6.54 Å². The smallest absolute Gasteiger partial charge is 0.272 e. The molecular formula is C19H20N2O. The number of hydrogen-bond donors (Lipinski definition) is 1.